The zero-order chi connectivity index (χ0) is 19.8. The van der Waals surface area contributed by atoms with E-state index < -0.39 is 32.3 Å². The SMILES string of the molecule is CS(=O)(=O)c1ccc(-c2cnccc2-c2ccc(C(F)(F)F)cc2)cc1F. The van der Waals surface area contributed by atoms with E-state index in [2.05, 4.69) is 4.98 Å². The van der Waals surface area contributed by atoms with Crippen LogP contribution < -0.4 is 0 Å². The van der Waals surface area contributed by atoms with Gasteiger partial charge in [0.05, 0.1) is 5.56 Å². The van der Waals surface area contributed by atoms with Crippen LogP contribution in [0.2, 0.25) is 0 Å². The lowest BCUT2D eigenvalue weighted by molar-refractivity contribution is -0.137. The van der Waals surface area contributed by atoms with Crippen LogP contribution in [0.5, 0.6) is 0 Å². The topological polar surface area (TPSA) is 47.0 Å². The lowest BCUT2D eigenvalue weighted by atomic mass is 9.96. The van der Waals surface area contributed by atoms with Crippen LogP contribution in [0.4, 0.5) is 17.6 Å². The number of pyridine rings is 1. The highest BCUT2D eigenvalue weighted by Gasteiger charge is 2.30. The average Bonchev–Trinajstić information content (AvgIpc) is 2.60. The summed E-state index contributed by atoms with van der Waals surface area (Å²) in [5.41, 5.74) is 1.10. The van der Waals surface area contributed by atoms with Crippen molar-refractivity contribution < 1.29 is 26.0 Å². The highest BCUT2D eigenvalue weighted by atomic mass is 32.2. The Labute approximate surface area is 153 Å². The maximum absolute atomic E-state index is 14.2. The average molecular weight is 395 g/mol. The number of nitrogens with zero attached hydrogens (tertiary/aromatic N) is 1. The third-order valence-corrected chi connectivity index (χ3v) is 5.12. The van der Waals surface area contributed by atoms with Gasteiger partial charge in [-0.2, -0.15) is 13.2 Å². The number of hydrogen-bond donors (Lipinski definition) is 0. The molecule has 0 saturated heterocycles. The minimum absolute atomic E-state index is 0.364. The number of sulfone groups is 1. The summed E-state index contributed by atoms with van der Waals surface area (Å²) < 4.78 is 75.6. The molecule has 0 fully saturated rings. The van der Waals surface area contributed by atoms with E-state index in [1.54, 1.807) is 6.07 Å². The molecule has 8 heteroatoms. The van der Waals surface area contributed by atoms with Crippen molar-refractivity contribution in [3.8, 4) is 22.3 Å². The highest BCUT2D eigenvalue weighted by molar-refractivity contribution is 7.90. The van der Waals surface area contributed by atoms with Gasteiger partial charge in [0.15, 0.2) is 9.84 Å². The Bertz CT molecular complexity index is 1090. The molecule has 0 unspecified atom stereocenters. The summed E-state index contributed by atoms with van der Waals surface area (Å²) in [6.45, 7) is 0. The molecule has 0 amide bonds. The van der Waals surface area contributed by atoms with Crippen molar-refractivity contribution in [2.75, 3.05) is 6.26 Å². The van der Waals surface area contributed by atoms with Crippen LogP contribution in [0.1, 0.15) is 5.56 Å². The Morgan fingerprint density at radius 1 is 0.889 bits per heavy atom. The molecular weight excluding hydrogens is 382 g/mol. The molecule has 0 spiro atoms. The maximum Gasteiger partial charge on any atom is 0.416 e. The van der Waals surface area contributed by atoms with E-state index in [1.807, 2.05) is 0 Å². The number of hydrogen-bond acceptors (Lipinski definition) is 3. The lowest BCUT2D eigenvalue weighted by Crippen LogP contribution is -2.04. The molecule has 0 radical (unpaired) electrons. The van der Waals surface area contributed by atoms with Gasteiger partial charge in [-0.3, -0.25) is 4.98 Å². The molecule has 0 bridgehead atoms. The van der Waals surface area contributed by atoms with E-state index in [-0.39, 0.29) is 0 Å². The van der Waals surface area contributed by atoms with E-state index in [1.165, 1.54) is 30.6 Å². The predicted molar refractivity (Wildman–Crippen MR) is 93.2 cm³/mol. The fraction of sp³-hybridized carbons (Fsp3) is 0.105. The first-order valence-electron chi connectivity index (χ1n) is 7.69. The van der Waals surface area contributed by atoms with Gasteiger partial charge in [-0.15, -0.1) is 0 Å². The van der Waals surface area contributed by atoms with Crippen molar-refractivity contribution in [3.05, 3.63) is 72.3 Å². The minimum Gasteiger partial charge on any atom is -0.264 e. The third kappa shape index (κ3) is 4.00. The first-order chi connectivity index (χ1) is 12.6. The van der Waals surface area contributed by atoms with Crippen molar-refractivity contribution >= 4 is 9.84 Å². The second-order valence-corrected chi connectivity index (χ2v) is 7.90. The predicted octanol–water partition coefficient (Wildman–Crippen LogP) is 4.98. The monoisotopic (exact) mass is 395 g/mol. The number of aromatic nitrogens is 1. The highest BCUT2D eigenvalue weighted by Crippen LogP contribution is 2.35. The number of rotatable bonds is 3. The molecule has 0 atom stereocenters. The molecule has 0 N–H and O–H groups in total. The van der Waals surface area contributed by atoms with Crippen LogP contribution in [-0.2, 0) is 16.0 Å². The molecule has 0 saturated carbocycles. The normalized spacial score (nSPS) is 12.2. The van der Waals surface area contributed by atoms with Gasteiger partial charge in [0, 0.05) is 24.2 Å². The largest absolute Gasteiger partial charge is 0.416 e. The van der Waals surface area contributed by atoms with Crippen LogP contribution in [0.25, 0.3) is 22.3 Å². The quantitative estimate of drug-likeness (QED) is 0.588. The molecule has 1 heterocycles. The molecule has 3 aromatic rings. The minimum atomic E-state index is -4.44. The van der Waals surface area contributed by atoms with Gasteiger partial charge >= 0.3 is 6.18 Å². The van der Waals surface area contributed by atoms with E-state index in [9.17, 15) is 26.0 Å². The zero-order valence-electron chi connectivity index (χ0n) is 14.0. The lowest BCUT2D eigenvalue weighted by Gasteiger charge is -2.12. The van der Waals surface area contributed by atoms with Gasteiger partial charge < -0.3 is 0 Å². The van der Waals surface area contributed by atoms with Crippen LogP contribution in [0.3, 0.4) is 0 Å². The summed E-state index contributed by atoms with van der Waals surface area (Å²) in [4.78, 5) is 3.56. The standard InChI is InChI=1S/C19H13F4NO2S/c1-27(25,26)18-7-4-13(10-17(18)20)16-11-24-9-8-15(16)12-2-5-14(6-3-12)19(21,22)23/h2-11H,1H3. The number of benzene rings is 2. The number of halogens is 4. The van der Waals surface area contributed by atoms with Gasteiger partial charge in [0.1, 0.15) is 10.7 Å². The summed E-state index contributed by atoms with van der Waals surface area (Å²) in [5, 5.41) is 0. The summed E-state index contributed by atoms with van der Waals surface area (Å²) in [6.07, 6.45) is -0.618. The smallest absolute Gasteiger partial charge is 0.264 e. The molecule has 0 aliphatic heterocycles. The van der Waals surface area contributed by atoms with Crippen molar-refractivity contribution in [1.29, 1.82) is 0 Å². The summed E-state index contributed by atoms with van der Waals surface area (Å²) in [6, 6.07) is 9.83. The Morgan fingerprint density at radius 2 is 1.52 bits per heavy atom. The van der Waals surface area contributed by atoms with E-state index >= 15 is 0 Å². The fourth-order valence-corrected chi connectivity index (χ4v) is 3.41. The van der Waals surface area contributed by atoms with Crippen molar-refractivity contribution in [2.24, 2.45) is 0 Å². The van der Waals surface area contributed by atoms with Gasteiger partial charge in [-0.1, -0.05) is 18.2 Å². The second-order valence-electron chi connectivity index (χ2n) is 5.91. The number of alkyl halides is 3. The first-order valence-corrected chi connectivity index (χ1v) is 9.58. The second kappa shape index (κ2) is 6.77. The fourth-order valence-electron chi connectivity index (χ4n) is 2.68. The molecule has 1 aromatic heterocycles. The Morgan fingerprint density at radius 3 is 2.07 bits per heavy atom. The van der Waals surface area contributed by atoms with Gasteiger partial charge in [0.25, 0.3) is 0 Å². The Kier molecular flexibility index (Phi) is 4.77. The molecule has 0 aliphatic rings. The van der Waals surface area contributed by atoms with Gasteiger partial charge in [-0.25, -0.2) is 12.8 Å². The molecule has 27 heavy (non-hydrogen) atoms. The van der Waals surface area contributed by atoms with Crippen molar-refractivity contribution in [2.45, 2.75) is 11.1 Å². The van der Waals surface area contributed by atoms with Gasteiger partial charge in [0.2, 0.25) is 0 Å². The molecule has 3 rings (SSSR count). The molecular formula is C19H13F4NO2S. The summed E-state index contributed by atoms with van der Waals surface area (Å²) in [5.74, 6) is -0.905. The van der Waals surface area contributed by atoms with E-state index in [0.717, 1.165) is 30.5 Å². The summed E-state index contributed by atoms with van der Waals surface area (Å²) >= 11 is 0. The zero-order valence-corrected chi connectivity index (χ0v) is 14.8. The first kappa shape index (κ1) is 19.0. The molecule has 0 aliphatic carbocycles. The molecule has 140 valence electrons. The van der Waals surface area contributed by atoms with Crippen LogP contribution in [0.15, 0.2) is 65.8 Å². The molecule has 2 aromatic carbocycles. The Balaban J connectivity index is 2.09. The van der Waals surface area contributed by atoms with Crippen LogP contribution >= 0.6 is 0 Å². The van der Waals surface area contributed by atoms with Crippen LogP contribution in [0, 0.1) is 5.82 Å². The third-order valence-electron chi connectivity index (χ3n) is 3.99. The van der Waals surface area contributed by atoms with Crippen molar-refractivity contribution in [3.63, 3.8) is 0 Å². The van der Waals surface area contributed by atoms with E-state index in [0.29, 0.717) is 22.3 Å². The Hall–Kier alpha value is -2.74. The van der Waals surface area contributed by atoms with Crippen LogP contribution in [-0.4, -0.2) is 19.7 Å². The van der Waals surface area contributed by atoms with Crippen molar-refractivity contribution in [1.82, 2.24) is 4.98 Å². The maximum atomic E-state index is 14.2. The summed E-state index contributed by atoms with van der Waals surface area (Å²) in [7, 11) is -3.71. The molecule has 3 nitrogen and oxygen atoms in total. The van der Waals surface area contributed by atoms with Gasteiger partial charge in [-0.05, 0) is 47.0 Å². The van der Waals surface area contributed by atoms with E-state index in [4.69, 9.17) is 0 Å².